The van der Waals surface area contributed by atoms with Crippen molar-refractivity contribution in [2.45, 2.75) is 12.6 Å². The minimum absolute atomic E-state index is 0.0697. The molecule has 1 N–H and O–H groups in total. The van der Waals surface area contributed by atoms with Gasteiger partial charge in [-0.2, -0.15) is 0 Å². The summed E-state index contributed by atoms with van der Waals surface area (Å²) in [4.78, 5) is 31.5. The highest BCUT2D eigenvalue weighted by molar-refractivity contribution is 6.46. The maximum absolute atomic E-state index is 13.0. The SMILES string of the molecule is COc1ccc([C@H]2C(=C(O)c3ccccc3)C(=O)C(=O)N2Cc2cccnc2)cc1. The molecule has 3 aromatic rings. The molecule has 1 atom stereocenters. The first-order valence-electron chi connectivity index (χ1n) is 9.47. The van der Waals surface area contributed by atoms with Gasteiger partial charge in [0, 0.05) is 24.5 Å². The summed E-state index contributed by atoms with van der Waals surface area (Å²) in [5.41, 5.74) is 2.05. The quantitative estimate of drug-likeness (QED) is 0.401. The minimum atomic E-state index is -0.726. The highest BCUT2D eigenvalue weighted by Crippen LogP contribution is 2.40. The molecule has 2 heterocycles. The predicted molar refractivity (Wildman–Crippen MR) is 112 cm³/mol. The van der Waals surface area contributed by atoms with Crippen LogP contribution < -0.4 is 4.74 Å². The number of methoxy groups -OCH3 is 1. The maximum Gasteiger partial charge on any atom is 0.295 e. The Hall–Kier alpha value is -3.93. The van der Waals surface area contributed by atoms with Crippen molar-refractivity contribution in [1.29, 1.82) is 0 Å². The van der Waals surface area contributed by atoms with E-state index in [1.54, 1.807) is 74.1 Å². The topological polar surface area (TPSA) is 79.7 Å². The van der Waals surface area contributed by atoms with Crippen molar-refractivity contribution in [2.75, 3.05) is 7.11 Å². The number of hydrogen-bond acceptors (Lipinski definition) is 5. The molecule has 150 valence electrons. The van der Waals surface area contributed by atoms with Crippen molar-refractivity contribution >= 4 is 17.4 Å². The molecule has 0 unspecified atom stereocenters. The Morgan fingerprint density at radius 3 is 2.40 bits per heavy atom. The number of aliphatic hydroxyl groups excluding tert-OH is 1. The van der Waals surface area contributed by atoms with Crippen LogP contribution in [0.15, 0.2) is 84.7 Å². The van der Waals surface area contributed by atoms with E-state index in [2.05, 4.69) is 4.98 Å². The molecule has 0 aliphatic carbocycles. The van der Waals surface area contributed by atoms with E-state index in [0.717, 1.165) is 5.56 Å². The Morgan fingerprint density at radius 1 is 1.03 bits per heavy atom. The van der Waals surface area contributed by atoms with E-state index in [0.29, 0.717) is 16.9 Å². The Bertz CT molecular complexity index is 1090. The molecule has 1 aliphatic rings. The Balaban J connectivity index is 1.85. The lowest BCUT2D eigenvalue weighted by atomic mass is 9.95. The third kappa shape index (κ3) is 3.55. The molecule has 6 heteroatoms. The van der Waals surface area contributed by atoms with Gasteiger partial charge in [-0.25, -0.2) is 0 Å². The number of ether oxygens (including phenoxy) is 1. The second-order valence-corrected chi connectivity index (χ2v) is 6.93. The molecule has 6 nitrogen and oxygen atoms in total. The Labute approximate surface area is 174 Å². The van der Waals surface area contributed by atoms with Gasteiger partial charge in [0.2, 0.25) is 0 Å². The third-order valence-electron chi connectivity index (χ3n) is 5.09. The van der Waals surface area contributed by atoms with Crippen molar-refractivity contribution < 1.29 is 19.4 Å². The van der Waals surface area contributed by atoms with Crippen molar-refractivity contribution in [3.8, 4) is 5.75 Å². The van der Waals surface area contributed by atoms with Crippen molar-refractivity contribution in [3.05, 3.63) is 101 Å². The summed E-state index contributed by atoms with van der Waals surface area (Å²) in [5.74, 6) is -0.896. The highest BCUT2D eigenvalue weighted by Gasteiger charge is 2.46. The number of aromatic nitrogens is 1. The van der Waals surface area contributed by atoms with Crippen LogP contribution in [0.5, 0.6) is 5.75 Å². The number of aliphatic hydroxyl groups is 1. The van der Waals surface area contributed by atoms with Gasteiger partial charge < -0.3 is 14.7 Å². The average molecular weight is 400 g/mol. The van der Waals surface area contributed by atoms with Crippen LogP contribution in [0.3, 0.4) is 0 Å². The van der Waals surface area contributed by atoms with Crippen molar-refractivity contribution in [2.24, 2.45) is 0 Å². The molecule has 0 saturated carbocycles. The monoisotopic (exact) mass is 400 g/mol. The number of rotatable bonds is 5. The van der Waals surface area contributed by atoms with Gasteiger partial charge in [-0.3, -0.25) is 14.6 Å². The van der Waals surface area contributed by atoms with Gasteiger partial charge in [0.15, 0.2) is 0 Å². The third-order valence-corrected chi connectivity index (χ3v) is 5.09. The first kappa shape index (κ1) is 19.4. The van der Waals surface area contributed by atoms with E-state index < -0.39 is 17.7 Å². The fourth-order valence-electron chi connectivity index (χ4n) is 3.62. The summed E-state index contributed by atoms with van der Waals surface area (Å²) in [6.07, 6.45) is 3.30. The van der Waals surface area contributed by atoms with Crippen LogP contribution in [0.4, 0.5) is 0 Å². The van der Waals surface area contributed by atoms with Gasteiger partial charge in [-0.1, -0.05) is 48.5 Å². The van der Waals surface area contributed by atoms with Crippen LogP contribution in [0.2, 0.25) is 0 Å². The first-order valence-corrected chi connectivity index (χ1v) is 9.47. The van der Waals surface area contributed by atoms with Crippen LogP contribution in [-0.4, -0.2) is 33.8 Å². The van der Waals surface area contributed by atoms with E-state index in [-0.39, 0.29) is 17.9 Å². The van der Waals surface area contributed by atoms with E-state index in [9.17, 15) is 14.7 Å². The van der Waals surface area contributed by atoms with E-state index in [1.807, 2.05) is 12.1 Å². The zero-order valence-electron chi connectivity index (χ0n) is 16.4. The van der Waals surface area contributed by atoms with Crippen molar-refractivity contribution in [3.63, 3.8) is 0 Å². The lowest BCUT2D eigenvalue weighted by Gasteiger charge is -2.25. The van der Waals surface area contributed by atoms with Crippen LogP contribution in [-0.2, 0) is 16.1 Å². The van der Waals surface area contributed by atoms with E-state index in [1.165, 1.54) is 4.90 Å². The summed E-state index contributed by atoms with van der Waals surface area (Å²) in [7, 11) is 1.57. The fourth-order valence-corrected chi connectivity index (χ4v) is 3.62. The summed E-state index contributed by atoms with van der Waals surface area (Å²) in [6, 6.07) is 18.8. The first-order chi connectivity index (χ1) is 14.6. The van der Waals surface area contributed by atoms with Gasteiger partial charge in [0.05, 0.1) is 18.7 Å². The summed E-state index contributed by atoms with van der Waals surface area (Å²) >= 11 is 0. The van der Waals surface area contributed by atoms with Crippen molar-refractivity contribution in [1.82, 2.24) is 9.88 Å². The van der Waals surface area contributed by atoms with Gasteiger partial charge in [0.1, 0.15) is 11.5 Å². The number of benzene rings is 2. The normalized spacial score (nSPS) is 17.9. The van der Waals surface area contributed by atoms with Crippen LogP contribution in [0, 0.1) is 0 Å². The van der Waals surface area contributed by atoms with Gasteiger partial charge >= 0.3 is 0 Å². The maximum atomic E-state index is 13.0. The number of pyridine rings is 1. The molecule has 2 aromatic carbocycles. The molecule has 0 bridgehead atoms. The molecule has 4 rings (SSSR count). The number of ketones is 1. The van der Waals surface area contributed by atoms with Crippen LogP contribution in [0.1, 0.15) is 22.7 Å². The lowest BCUT2D eigenvalue weighted by Crippen LogP contribution is -2.29. The highest BCUT2D eigenvalue weighted by atomic mass is 16.5. The standard InChI is InChI=1S/C24H20N2O4/c1-30-19-11-9-17(10-12-19)21-20(22(27)18-7-3-2-4-8-18)23(28)24(29)26(21)15-16-6-5-13-25-14-16/h2-14,21,27H,15H2,1H3/t21-/m0/s1. The molecule has 1 fully saturated rings. The molecule has 1 aromatic heterocycles. The number of amides is 1. The zero-order chi connectivity index (χ0) is 21.1. The summed E-state index contributed by atoms with van der Waals surface area (Å²) in [5, 5.41) is 11.0. The number of Topliss-reactive ketones (excluding diaryl/α,β-unsaturated/α-hetero) is 1. The van der Waals surface area contributed by atoms with Gasteiger partial charge in [-0.05, 0) is 29.3 Å². The van der Waals surface area contributed by atoms with Gasteiger partial charge in [0.25, 0.3) is 11.7 Å². The molecule has 30 heavy (non-hydrogen) atoms. The van der Waals surface area contributed by atoms with E-state index >= 15 is 0 Å². The Morgan fingerprint density at radius 2 is 1.77 bits per heavy atom. The average Bonchev–Trinajstić information content (AvgIpc) is 3.05. The minimum Gasteiger partial charge on any atom is -0.507 e. The van der Waals surface area contributed by atoms with Gasteiger partial charge in [-0.15, -0.1) is 0 Å². The second kappa shape index (κ2) is 8.21. The summed E-state index contributed by atoms with van der Waals surface area (Å²) < 4.78 is 5.22. The number of carbonyl (C=O) groups excluding carboxylic acids is 2. The van der Waals surface area contributed by atoms with Crippen LogP contribution >= 0.6 is 0 Å². The molecule has 1 amide bonds. The number of hydrogen-bond donors (Lipinski definition) is 1. The van der Waals surface area contributed by atoms with Crippen LogP contribution in [0.25, 0.3) is 5.76 Å². The summed E-state index contributed by atoms with van der Waals surface area (Å²) in [6.45, 7) is 0.195. The molecular weight excluding hydrogens is 380 g/mol. The molecular formula is C24H20N2O4. The Kier molecular flexibility index (Phi) is 5.30. The number of nitrogens with zero attached hydrogens (tertiary/aromatic N) is 2. The number of carbonyl (C=O) groups is 2. The smallest absolute Gasteiger partial charge is 0.295 e. The molecule has 0 spiro atoms. The largest absolute Gasteiger partial charge is 0.507 e. The fraction of sp³-hybridized carbons (Fsp3) is 0.125. The zero-order valence-corrected chi connectivity index (χ0v) is 16.4. The predicted octanol–water partition coefficient (Wildman–Crippen LogP) is 3.71. The number of likely N-dealkylation sites (tertiary alicyclic amines) is 1. The second-order valence-electron chi connectivity index (χ2n) is 6.93. The lowest BCUT2D eigenvalue weighted by molar-refractivity contribution is -0.140. The molecule has 0 radical (unpaired) electrons. The van der Waals surface area contributed by atoms with E-state index in [4.69, 9.17) is 4.74 Å². The molecule has 1 saturated heterocycles. The molecule has 1 aliphatic heterocycles.